The zero-order chi connectivity index (χ0) is 5.82. The summed E-state index contributed by atoms with van der Waals surface area (Å²) in [7, 11) is 0. The molecule has 0 aliphatic rings. The van der Waals surface area contributed by atoms with Gasteiger partial charge < -0.3 is 0 Å². The van der Waals surface area contributed by atoms with Crippen LogP contribution in [0.5, 0.6) is 0 Å². The van der Waals surface area contributed by atoms with Crippen LogP contribution in [0.4, 0.5) is 0 Å². The summed E-state index contributed by atoms with van der Waals surface area (Å²) in [5.74, 6) is 0. The summed E-state index contributed by atoms with van der Waals surface area (Å²) >= 11 is 4.99. The van der Waals surface area contributed by atoms with Crippen molar-refractivity contribution < 1.29 is 9.12 Å². The van der Waals surface area contributed by atoms with Gasteiger partial charge in [-0.1, -0.05) is 6.07 Å². The second-order valence-corrected chi connectivity index (χ2v) is 1.44. The second-order valence-electron chi connectivity index (χ2n) is 1.30. The van der Waals surface area contributed by atoms with Gasteiger partial charge in [0.25, 0.3) is 0 Å². The van der Waals surface area contributed by atoms with E-state index >= 15 is 0 Å². The molecule has 0 N–H and O–H groups in total. The van der Waals surface area contributed by atoms with Crippen LogP contribution in [-0.4, -0.2) is 0 Å². The highest BCUT2D eigenvalue weighted by Crippen LogP contribution is 1.74. The van der Waals surface area contributed by atoms with Gasteiger partial charge in [0.15, 0.2) is 0 Å². The second kappa shape index (κ2) is 2.52. The number of aromatic nitrogens is 1. The summed E-state index contributed by atoms with van der Waals surface area (Å²) in [4.78, 5) is 0. The van der Waals surface area contributed by atoms with E-state index in [1.54, 1.807) is 12.4 Å². The molecule has 42 valence electrons. The molecule has 1 rings (SSSR count). The van der Waals surface area contributed by atoms with E-state index in [4.69, 9.17) is 11.9 Å². The van der Waals surface area contributed by atoms with Crippen LogP contribution in [-0.2, 0) is 0 Å². The molecule has 0 saturated heterocycles. The first-order valence-corrected chi connectivity index (χ1v) is 2.50. The summed E-state index contributed by atoms with van der Waals surface area (Å²) in [6.45, 7) is 0. The van der Waals surface area contributed by atoms with Crippen molar-refractivity contribution in [3.05, 3.63) is 30.6 Å². The molecule has 1 heterocycles. The number of nitrogens with zero attached hydrogens (tertiary/aromatic N) is 1. The van der Waals surface area contributed by atoms with Gasteiger partial charge in [-0.15, -0.1) is 4.39 Å². The van der Waals surface area contributed by atoms with Crippen molar-refractivity contribution in [2.24, 2.45) is 0 Å². The Hall–Kier alpha value is -0.760. The smallest absolute Gasteiger partial charge is 0.147 e. The van der Waals surface area contributed by atoms with E-state index in [0.29, 0.717) is 0 Å². The zero-order valence-electron chi connectivity index (χ0n) is 4.12. The lowest BCUT2D eigenvalue weighted by Crippen LogP contribution is -2.35. The van der Waals surface area contributed by atoms with Gasteiger partial charge in [-0.3, -0.25) is 0 Å². The molecule has 0 amide bonds. The van der Waals surface area contributed by atoms with Gasteiger partial charge in [-0.05, 0) is 0 Å². The van der Waals surface area contributed by atoms with Crippen LogP contribution >= 0.6 is 11.9 Å². The Morgan fingerprint density at radius 1 is 1.12 bits per heavy atom. The summed E-state index contributed by atoms with van der Waals surface area (Å²) in [5.41, 5.74) is 0. The Morgan fingerprint density at radius 2 is 1.75 bits per heavy atom. The maximum absolute atomic E-state index is 4.99. The van der Waals surface area contributed by atoms with Crippen LogP contribution in [0.25, 0.3) is 0 Å². The van der Waals surface area contributed by atoms with Crippen molar-refractivity contribution in [1.82, 2.24) is 0 Å². The molecule has 0 aliphatic carbocycles. The Kier molecular flexibility index (Phi) is 1.70. The van der Waals surface area contributed by atoms with Crippen molar-refractivity contribution in [2.45, 2.75) is 0 Å². The first kappa shape index (κ1) is 5.38. The Labute approximate surface area is 52.4 Å². The van der Waals surface area contributed by atoms with Crippen LogP contribution in [0, 0.1) is 0 Å². The average molecular weight is 131 g/mol. The highest BCUT2D eigenvalue weighted by molar-refractivity contribution is 6.07. The minimum Gasteiger partial charge on any atom is -0.147 e. The van der Waals surface area contributed by atoms with E-state index < -0.39 is 0 Å². The third-order valence-electron chi connectivity index (χ3n) is 0.768. The maximum Gasteiger partial charge on any atom is 0.224 e. The van der Waals surface area contributed by atoms with Crippen molar-refractivity contribution in [3.8, 4) is 0 Å². The average Bonchev–Trinajstić information content (AvgIpc) is 1.90. The van der Waals surface area contributed by atoms with E-state index in [1.165, 1.54) is 4.73 Å². The summed E-state index contributed by atoms with van der Waals surface area (Å²) in [6.07, 6.45) is 3.40. The van der Waals surface area contributed by atoms with Crippen molar-refractivity contribution >= 4 is 11.9 Å². The molecule has 0 aliphatic heterocycles. The fourth-order valence-corrected chi connectivity index (χ4v) is 0.521. The number of hydrogen-bond donors (Lipinski definition) is 0. The molecular weight excluding hydrogens is 126 g/mol. The van der Waals surface area contributed by atoms with Gasteiger partial charge >= 0.3 is 0 Å². The highest BCUT2D eigenvalue weighted by Gasteiger charge is 1.90. The monoisotopic (exact) mass is 130 g/mol. The number of hydrogen-bond acceptors (Lipinski definition) is 1. The van der Waals surface area contributed by atoms with Gasteiger partial charge in [-0.2, -0.15) is 0 Å². The molecule has 0 saturated carbocycles. The van der Waals surface area contributed by atoms with Gasteiger partial charge in [-0.25, -0.2) is 0 Å². The normalized spacial score (nSPS) is 8.62. The van der Waals surface area contributed by atoms with E-state index in [0.717, 1.165) is 0 Å². The van der Waals surface area contributed by atoms with Crippen LogP contribution < -0.4 is 9.12 Å². The molecule has 0 unspecified atom stereocenters. The molecular formula is C5H5ClNO+. The topological polar surface area (TPSA) is 13.1 Å². The largest absolute Gasteiger partial charge is 0.224 e. The van der Waals surface area contributed by atoms with Crippen LogP contribution in [0.1, 0.15) is 0 Å². The first-order chi connectivity index (χ1) is 3.93. The predicted octanol–water partition coefficient (Wildman–Crippen LogP) is 0.556. The number of rotatable bonds is 1. The van der Waals surface area contributed by atoms with Crippen molar-refractivity contribution in [2.75, 3.05) is 0 Å². The highest BCUT2D eigenvalue weighted by atomic mass is 35.5. The van der Waals surface area contributed by atoms with E-state index in [9.17, 15) is 0 Å². The predicted molar refractivity (Wildman–Crippen MR) is 29.1 cm³/mol. The quantitative estimate of drug-likeness (QED) is 0.507. The molecule has 0 radical (unpaired) electrons. The lowest BCUT2D eigenvalue weighted by molar-refractivity contribution is -0.858. The Balaban J connectivity index is 2.83. The Morgan fingerprint density at radius 3 is 2.12 bits per heavy atom. The molecule has 0 bridgehead atoms. The molecule has 8 heavy (non-hydrogen) atoms. The van der Waals surface area contributed by atoms with E-state index in [2.05, 4.69) is 4.39 Å². The standard InChI is InChI=1S/C5H5ClNO/c6-8-7-4-2-1-3-5-7/h1-5H/q+1. The SMILES string of the molecule is ClO[n+]1ccccc1. The fraction of sp³-hybridized carbons (Fsp3) is 0. The number of pyridine rings is 1. The lowest BCUT2D eigenvalue weighted by Gasteiger charge is -1.80. The number of halogens is 1. The Bertz CT molecular complexity index is 154. The molecule has 1 aromatic heterocycles. The van der Waals surface area contributed by atoms with Crippen molar-refractivity contribution in [3.63, 3.8) is 0 Å². The maximum atomic E-state index is 4.99. The molecule has 0 aromatic carbocycles. The minimum absolute atomic E-state index is 1.39. The lowest BCUT2D eigenvalue weighted by atomic mass is 10.5. The third-order valence-corrected chi connectivity index (χ3v) is 0.927. The summed E-state index contributed by atoms with van der Waals surface area (Å²) in [6, 6.07) is 5.52. The van der Waals surface area contributed by atoms with E-state index in [-0.39, 0.29) is 0 Å². The van der Waals surface area contributed by atoms with Gasteiger partial charge in [0.1, 0.15) is 0 Å². The first-order valence-electron chi connectivity index (χ1n) is 2.19. The van der Waals surface area contributed by atoms with Gasteiger partial charge in [0, 0.05) is 16.9 Å². The van der Waals surface area contributed by atoms with Gasteiger partial charge in [0.2, 0.25) is 24.3 Å². The fourth-order valence-electron chi connectivity index (χ4n) is 0.429. The van der Waals surface area contributed by atoms with Crippen molar-refractivity contribution in [1.29, 1.82) is 0 Å². The van der Waals surface area contributed by atoms with Crippen LogP contribution in [0.15, 0.2) is 30.6 Å². The van der Waals surface area contributed by atoms with E-state index in [1.807, 2.05) is 18.2 Å². The molecule has 0 spiro atoms. The minimum atomic E-state index is 1.39. The molecule has 2 nitrogen and oxygen atoms in total. The molecule has 3 heteroatoms. The summed E-state index contributed by atoms with van der Waals surface area (Å²) < 4.78 is 5.69. The third kappa shape index (κ3) is 1.10. The van der Waals surface area contributed by atoms with Gasteiger partial charge in [0.05, 0.1) is 0 Å². The van der Waals surface area contributed by atoms with Crippen LogP contribution in [0.2, 0.25) is 0 Å². The zero-order valence-corrected chi connectivity index (χ0v) is 4.88. The molecule has 0 fully saturated rings. The molecule has 1 aromatic rings. The van der Waals surface area contributed by atoms with Crippen LogP contribution in [0.3, 0.4) is 0 Å². The molecule has 0 atom stereocenters. The summed E-state index contributed by atoms with van der Waals surface area (Å²) in [5, 5.41) is 0.